The minimum absolute atomic E-state index is 0.0771. The predicted molar refractivity (Wildman–Crippen MR) is 91.8 cm³/mol. The maximum absolute atomic E-state index is 12.4. The number of carboxylic acid groups (broad SMARTS) is 1. The number of rotatable bonds is 4. The number of aliphatic hydroxyl groups excluding tert-OH is 3. The van der Waals surface area contributed by atoms with Gasteiger partial charge in [-0.25, -0.2) is 9.59 Å². The summed E-state index contributed by atoms with van der Waals surface area (Å²) in [6.45, 7) is 0. The minimum atomic E-state index is -1.90. The summed E-state index contributed by atoms with van der Waals surface area (Å²) in [5, 5.41) is 38.4. The second kappa shape index (κ2) is 7.90. The number of hydrogen-bond acceptors (Lipinski definition) is 8. The topological polar surface area (TPSA) is 156 Å². The minimum Gasteiger partial charge on any atom is -0.479 e. The summed E-state index contributed by atoms with van der Waals surface area (Å²) in [4.78, 5) is 35.6. The van der Waals surface area contributed by atoms with E-state index in [1.165, 1.54) is 16.8 Å². The lowest BCUT2D eigenvalue weighted by Crippen LogP contribution is -2.60. The molecular formula is C18H17NO9. The maximum atomic E-state index is 12.4. The van der Waals surface area contributed by atoms with Crippen LogP contribution < -0.4 is 5.56 Å². The zero-order valence-corrected chi connectivity index (χ0v) is 14.3. The summed E-state index contributed by atoms with van der Waals surface area (Å²) in [5.74, 6) is -2.63. The van der Waals surface area contributed by atoms with Crippen LogP contribution in [0.25, 0.3) is 5.69 Å². The fourth-order valence-electron chi connectivity index (χ4n) is 2.72. The fraction of sp³-hybridized carbons (Fsp3) is 0.278. The van der Waals surface area contributed by atoms with Crippen LogP contribution in [-0.4, -0.2) is 67.6 Å². The van der Waals surface area contributed by atoms with Gasteiger partial charge < -0.3 is 29.9 Å². The van der Waals surface area contributed by atoms with Gasteiger partial charge in [0.05, 0.1) is 5.56 Å². The monoisotopic (exact) mass is 391 g/mol. The van der Waals surface area contributed by atoms with Crippen LogP contribution in [-0.2, 0) is 14.3 Å². The number of aromatic nitrogens is 1. The summed E-state index contributed by atoms with van der Waals surface area (Å²) >= 11 is 0. The lowest BCUT2D eigenvalue weighted by Gasteiger charge is -2.37. The number of carbonyl (C=O) groups excluding carboxylic acids is 1. The van der Waals surface area contributed by atoms with Crippen molar-refractivity contribution in [2.24, 2.45) is 0 Å². The average molecular weight is 391 g/mol. The van der Waals surface area contributed by atoms with Crippen molar-refractivity contribution >= 4 is 11.9 Å². The molecule has 2 aromatic rings. The van der Waals surface area contributed by atoms with Crippen LogP contribution in [0.15, 0.2) is 53.5 Å². The molecule has 0 bridgehead atoms. The maximum Gasteiger partial charge on any atom is 0.342 e. The Morgan fingerprint density at radius 2 is 1.64 bits per heavy atom. The van der Waals surface area contributed by atoms with Crippen LogP contribution in [0.3, 0.4) is 0 Å². The van der Waals surface area contributed by atoms with Gasteiger partial charge in [-0.2, -0.15) is 0 Å². The Balaban J connectivity index is 1.83. The fourth-order valence-corrected chi connectivity index (χ4v) is 2.72. The first-order valence-corrected chi connectivity index (χ1v) is 8.21. The first-order chi connectivity index (χ1) is 13.3. The van der Waals surface area contributed by atoms with Crippen molar-refractivity contribution in [1.82, 2.24) is 4.57 Å². The van der Waals surface area contributed by atoms with E-state index in [1.807, 2.05) is 0 Å². The van der Waals surface area contributed by atoms with E-state index < -0.39 is 48.2 Å². The summed E-state index contributed by atoms with van der Waals surface area (Å²) in [7, 11) is 0. The number of ether oxygens (including phenoxy) is 2. The largest absolute Gasteiger partial charge is 0.479 e. The number of aliphatic hydroxyl groups is 3. The number of para-hydroxylation sites is 1. The zero-order chi connectivity index (χ0) is 20.4. The molecule has 4 N–H and O–H groups in total. The molecule has 5 unspecified atom stereocenters. The molecule has 10 heteroatoms. The van der Waals surface area contributed by atoms with Gasteiger partial charge in [-0.3, -0.25) is 9.36 Å². The molecule has 3 rings (SSSR count). The molecular weight excluding hydrogens is 374 g/mol. The van der Waals surface area contributed by atoms with Gasteiger partial charge in [-0.1, -0.05) is 18.2 Å². The summed E-state index contributed by atoms with van der Waals surface area (Å²) in [5.41, 5.74) is 0.0218. The average Bonchev–Trinajstić information content (AvgIpc) is 2.69. The third-order valence-electron chi connectivity index (χ3n) is 4.22. The van der Waals surface area contributed by atoms with Crippen LogP contribution in [0.2, 0.25) is 0 Å². The second-order valence-electron chi connectivity index (χ2n) is 6.10. The van der Waals surface area contributed by atoms with Gasteiger partial charge in [0.15, 0.2) is 6.10 Å². The molecule has 0 amide bonds. The first-order valence-electron chi connectivity index (χ1n) is 8.21. The first kappa shape index (κ1) is 19.7. The second-order valence-corrected chi connectivity index (χ2v) is 6.10. The van der Waals surface area contributed by atoms with Gasteiger partial charge in [0.1, 0.15) is 18.3 Å². The Bertz CT molecular complexity index is 926. The summed E-state index contributed by atoms with van der Waals surface area (Å²) in [6.07, 6.45) is -8.17. The zero-order valence-electron chi connectivity index (χ0n) is 14.3. The molecule has 1 aromatic carbocycles. The molecule has 1 aromatic heterocycles. The van der Waals surface area contributed by atoms with E-state index in [0.717, 1.165) is 6.07 Å². The van der Waals surface area contributed by atoms with Gasteiger partial charge in [0, 0.05) is 18.0 Å². The van der Waals surface area contributed by atoms with Gasteiger partial charge in [0.25, 0.3) is 5.56 Å². The Labute approximate surface area is 157 Å². The lowest BCUT2D eigenvalue weighted by molar-refractivity contribution is -0.278. The molecule has 0 aliphatic carbocycles. The Kier molecular flexibility index (Phi) is 5.56. The number of nitrogens with zero attached hydrogens (tertiary/aromatic N) is 1. The highest BCUT2D eigenvalue weighted by Crippen LogP contribution is 2.23. The molecule has 10 nitrogen and oxygen atoms in total. The number of hydrogen-bond donors (Lipinski definition) is 4. The molecule has 2 heterocycles. The van der Waals surface area contributed by atoms with Crippen molar-refractivity contribution < 1.29 is 39.5 Å². The van der Waals surface area contributed by atoms with Crippen LogP contribution in [0.5, 0.6) is 0 Å². The Morgan fingerprint density at radius 3 is 2.29 bits per heavy atom. The van der Waals surface area contributed by atoms with Crippen LogP contribution in [0.1, 0.15) is 10.4 Å². The molecule has 0 spiro atoms. The van der Waals surface area contributed by atoms with E-state index >= 15 is 0 Å². The van der Waals surface area contributed by atoms with E-state index in [4.69, 9.17) is 14.6 Å². The van der Waals surface area contributed by atoms with Crippen molar-refractivity contribution in [3.05, 3.63) is 64.6 Å². The quantitative estimate of drug-likeness (QED) is 0.475. The summed E-state index contributed by atoms with van der Waals surface area (Å²) in [6, 6.07) is 10.8. The van der Waals surface area contributed by atoms with Gasteiger partial charge in [-0.05, 0) is 18.2 Å². The number of carboxylic acids is 1. The molecule has 148 valence electrons. The highest BCUT2D eigenvalue weighted by atomic mass is 16.7. The SMILES string of the molecule is O=C(OC1OC(C(=O)O)C(O)C(O)C1O)c1ccc(=O)n(-c2ccccc2)c1. The van der Waals surface area contributed by atoms with E-state index in [9.17, 15) is 29.7 Å². The third kappa shape index (κ3) is 3.80. The van der Waals surface area contributed by atoms with E-state index in [-0.39, 0.29) is 5.56 Å². The predicted octanol–water partition coefficient (Wildman–Crippen LogP) is -1.11. The van der Waals surface area contributed by atoms with E-state index in [1.54, 1.807) is 30.3 Å². The van der Waals surface area contributed by atoms with Crippen molar-refractivity contribution in [3.8, 4) is 5.69 Å². The van der Waals surface area contributed by atoms with E-state index in [2.05, 4.69) is 0 Å². The molecule has 5 atom stereocenters. The summed E-state index contributed by atoms with van der Waals surface area (Å²) < 4.78 is 11.1. The van der Waals surface area contributed by atoms with Gasteiger partial charge in [-0.15, -0.1) is 0 Å². The Hall–Kier alpha value is -3.05. The number of pyridine rings is 1. The lowest BCUT2D eigenvalue weighted by atomic mass is 9.99. The smallest absolute Gasteiger partial charge is 0.342 e. The van der Waals surface area contributed by atoms with Crippen molar-refractivity contribution in [1.29, 1.82) is 0 Å². The molecule has 1 saturated heterocycles. The number of benzene rings is 1. The van der Waals surface area contributed by atoms with Crippen molar-refractivity contribution in [3.63, 3.8) is 0 Å². The normalized spacial score (nSPS) is 27.2. The number of esters is 1. The molecule has 0 saturated carbocycles. The molecule has 1 fully saturated rings. The number of aliphatic carboxylic acids is 1. The van der Waals surface area contributed by atoms with Crippen LogP contribution in [0, 0.1) is 0 Å². The Morgan fingerprint density at radius 1 is 0.964 bits per heavy atom. The molecule has 28 heavy (non-hydrogen) atoms. The van der Waals surface area contributed by atoms with Crippen LogP contribution >= 0.6 is 0 Å². The molecule has 1 aliphatic heterocycles. The van der Waals surface area contributed by atoms with E-state index in [0.29, 0.717) is 5.69 Å². The van der Waals surface area contributed by atoms with Gasteiger partial charge in [0.2, 0.25) is 6.29 Å². The molecule has 0 radical (unpaired) electrons. The third-order valence-corrected chi connectivity index (χ3v) is 4.22. The van der Waals surface area contributed by atoms with Crippen molar-refractivity contribution in [2.75, 3.05) is 0 Å². The highest BCUT2D eigenvalue weighted by molar-refractivity contribution is 5.89. The molecule has 1 aliphatic rings. The van der Waals surface area contributed by atoms with Gasteiger partial charge >= 0.3 is 11.9 Å². The highest BCUT2D eigenvalue weighted by Gasteiger charge is 2.48. The van der Waals surface area contributed by atoms with Crippen LogP contribution in [0.4, 0.5) is 0 Å². The number of carbonyl (C=O) groups is 2. The standard InChI is InChI=1S/C18H17NO9/c20-11-7-6-9(8-19(11)10-4-2-1-3-5-10)17(26)28-18-14(23)12(21)13(22)15(27-18)16(24)25/h1-8,12-15,18,21-23H,(H,24,25). The van der Waals surface area contributed by atoms with Crippen molar-refractivity contribution in [2.45, 2.75) is 30.7 Å².